The van der Waals surface area contributed by atoms with Gasteiger partial charge in [-0.25, -0.2) is 4.79 Å². The predicted octanol–water partition coefficient (Wildman–Crippen LogP) is 3.59. The van der Waals surface area contributed by atoms with Crippen LogP contribution < -0.4 is 0 Å². The van der Waals surface area contributed by atoms with Gasteiger partial charge < -0.3 is 15.3 Å². The fourth-order valence-corrected chi connectivity index (χ4v) is 2.73. The molecule has 0 unspecified atom stereocenters. The Morgan fingerprint density at radius 1 is 0.952 bits per heavy atom. The largest absolute Gasteiger partial charge is 0.504 e. The van der Waals surface area contributed by atoms with Crippen LogP contribution >= 0.6 is 0 Å². The van der Waals surface area contributed by atoms with Crippen molar-refractivity contribution in [1.29, 1.82) is 0 Å². The third-order valence-electron chi connectivity index (χ3n) is 3.65. The van der Waals surface area contributed by atoms with Crippen molar-refractivity contribution in [2.75, 3.05) is 0 Å². The lowest BCUT2D eigenvalue weighted by atomic mass is 9.87. The Morgan fingerprint density at radius 2 is 1.52 bits per heavy atom. The first-order valence-electron chi connectivity index (χ1n) is 6.91. The molecule has 2 rings (SSSR count). The van der Waals surface area contributed by atoms with E-state index in [0.29, 0.717) is 24.0 Å². The average Bonchev–Trinajstić information content (AvgIpc) is 2.49. The number of hydrogen-bond donors (Lipinski definition) is 3. The highest BCUT2D eigenvalue weighted by Gasteiger charge is 2.26. The maximum atomic E-state index is 11.6. The summed E-state index contributed by atoms with van der Waals surface area (Å²) in [5.41, 5.74) is 2.32. The van der Waals surface area contributed by atoms with Gasteiger partial charge in [-0.15, -0.1) is 0 Å². The molecule has 0 atom stereocenters. The highest BCUT2D eigenvalue weighted by Crippen LogP contribution is 2.43. The van der Waals surface area contributed by atoms with Crippen LogP contribution in [0.5, 0.6) is 11.5 Å². The fourth-order valence-electron chi connectivity index (χ4n) is 2.73. The molecule has 0 amide bonds. The Labute approximate surface area is 123 Å². The lowest BCUT2D eigenvalue weighted by Crippen LogP contribution is -2.07. The number of phenols is 2. The number of aromatic hydroxyl groups is 2. The summed E-state index contributed by atoms with van der Waals surface area (Å²) in [4.78, 5) is 11.6. The van der Waals surface area contributed by atoms with Crippen molar-refractivity contribution in [1.82, 2.24) is 0 Å². The van der Waals surface area contributed by atoms with Crippen molar-refractivity contribution in [2.24, 2.45) is 0 Å². The van der Waals surface area contributed by atoms with E-state index in [0.717, 1.165) is 11.1 Å². The van der Waals surface area contributed by atoms with Crippen LogP contribution in [0.3, 0.4) is 0 Å². The van der Waals surface area contributed by atoms with Gasteiger partial charge in [-0.3, -0.25) is 0 Å². The van der Waals surface area contributed by atoms with Crippen LogP contribution in [-0.2, 0) is 12.8 Å². The van der Waals surface area contributed by atoms with Crippen molar-refractivity contribution in [3.63, 3.8) is 0 Å². The van der Waals surface area contributed by atoms with Gasteiger partial charge >= 0.3 is 5.97 Å². The van der Waals surface area contributed by atoms with Crippen LogP contribution in [0, 0.1) is 0 Å². The smallest absolute Gasteiger partial charge is 0.340 e. The molecule has 0 aliphatic carbocycles. The number of carboxylic acids is 1. The van der Waals surface area contributed by atoms with E-state index in [2.05, 4.69) is 0 Å². The zero-order chi connectivity index (χ0) is 15.6. The van der Waals surface area contributed by atoms with E-state index in [1.54, 1.807) is 12.1 Å². The molecule has 4 heteroatoms. The van der Waals surface area contributed by atoms with Gasteiger partial charge in [0, 0.05) is 11.1 Å². The van der Waals surface area contributed by atoms with Crippen molar-refractivity contribution in [3.8, 4) is 22.6 Å². The lowest BCUT2D eigenvalue weighted by Gasteiger charge is -2.19. The summed E-state index contributed by atoms with van der Waals surface area (Å²) in [5, 5.41) is 29.7. The number of benzene rings is 2. The van der Waals surface area contributed by atoms with Crippen LogP contribution in [0.1, 0.15) is 35.3 Å². The minimum atomic E-state index is -1.25. The van der Waals surface area contributed by atoms with Crippen LogP contribution in [0.25, 0.3) is 11.1 Å². The summed E-state index contributed by atoms with van der Waals surface area (Å²) in [6.07, 6.45) is 1.09. The maximum absolute atomic E-state index is 11.6. The first-order chi connectivity index (χ1) is 10.0. The summed E-state index contributed by atoms with van der Waals surface area (Å²) in [6.45, 7) is 3.77. The third kappa shape index (κ3) is 2.44. The van der Waals surface area contributed by atoms with Crippen LogP contribution in [0.2, 0.25) is 0 Å². The standard InChI is InChI=1S/C17H18O4/c1-3-11-12(4-2)15(18)16(19)14(17(20)21)13(11)10-8-6-5-7-9-10/h5-9,18-19H,3-4H2,1-2H3,(H,20,21). The second kappa shape index (κ2) is 5.87. The Balaban J connectivity index is 2.95. The maximum Gasteiger partial charge on any atom is 0.340 e. The number of hydrogen-bond acceptors (Lipinski definition) is 3. The van der Waals surface area contributed by atoms with E-state index >= 15 is 0 Å². The highest BCUT2D eigenvalue weighted by molar-refractivity contribution is 6.01. The number of carbonyl (C=O) groups is 1. The summed E-state index contributed by atoms with van der Waals surface area (Å²) >= 11 is 0. The van der Waals surface area contributed by atoms with E-state index in [1.807, 2.05) is 32.0 Å². The van der Waals surface area contributed by atoms with Crippen molar-refractivity contribution >= 4 is 5.97 Å². The molecule has 0 saturated carbocycles. The normalized spacial score (nSPS) is 10.6. The number of aromatic carboxylic acids is 1. The molecule has 21 heavy (non-hydrogen) atoms. The Kier molecular flexibility index (Phi) is 4.17. The molecule has 0 saturated heterocycles. The van der Waals surface area contributed by atoms with Crippen LogP contribution in [0.15, 0.2) is 30.3 Å². The Bertz CT molecular complexity index is 675. The minimum Gasteiger partial charge on any atom is -0.504 e. The van der Waals surface area contributed by atoms with E-state index in [9.17, 15) is 20.1 Å². The third-order valence-corrected chi connectivity index (χ3v) is 3.65. The molecule has 2 aromatic carbocycles. The van der Waals surface area contributed by atoms with Gasteiger partial charge in [0.05, 0.1) is 0 Å². The van der Waals surface area contributed by atoms with E-state index in [-0.39, 0.29) is 11.3 Å². The average molecular weight is 286 g/mol. The van der Waals surface area contributed by atoms with Crippen molar-refractivity contribution in [2.45, 2.75) is 26.7 Å². The van der Waals surface area contributed by atoms with Crippen LogP contribution in [0.4, 0.5) is 0 Å². The SMILES string of the molecule is CCc1c(O)c(O)c(C(=O)O)c(-c2ccccc2)c1CC. The van der Waals surface area contributed by atoms with Gasteiger partial charge in [-0.2, -0.15) is 0 Å². The predicted molar refractivity (Wildman–Crippen MR) is 80.9 cm³/mol. The van der Waals surface area contributed by atoms with Crippen LogP contribution in [-0.4, -0.2) is 21.3 Å². The molecular formula is C17H18O4. The van der Waals surface area contributed by atoms with Gasteiger partial charge in [0.25, 0.3) is 0 Å². The molecule has 0 spiro atoms. The summed E-state index contributed by atoms with van der Waals surface area (Å²) in [5.74, 6) is -2.14. The Hall–Kier alpha value is -2.49. The summed E-state index contributed by atoms with van der Waals surface area (Å²) < 4.78 is 0. The van der Waals surface area contributed by atoms with E-state index in [1.165, 1.54) is 0 Å². The molecule has 0 aliphatic rings. The van der Waals surface area contributed by atoms with Gasteiger partial charge in [-0.1, -0.05) is 44.2 Å². The zero-order valence-corrected chi connectivity index (χ0v) is 12.1. The van der Waals surface area contributed by atoms with Crippen molar-refractivity contribution in [3.05, 3.63) is 47.0 Å². The molecular weight excluding hydrogens is 268 g/mol. The second-order valence-corrected chi connectivity index (χ2v) is 4.78. The molecule has 2 aromatic rings. The van der Waals surface area contributed by atoms with Gasteiger partial charge in [0.1, 0.15) is 5.56 Å². The minimum absolute atomic E-state index is 0.243. The molecule has 0 heterocycles. The van der Waals surface area contributed by atoms with E-state index < -0.39 is 11.7 Å². The summed E-state index contributed by atoms with van der Waals surface area (Å²) in [7, 11) is 0. The molecule has 110 valence electrons. The molecule has 0 fully saturated rings. The molecule has 0 aliphatic heterocycles. The number of carboxylic acid groups (broad SMARTS) is 1. The zero-order valence-electron chi connectivity index (χ0n) is 12.1. The summed E-state index contributed by atoms with van der Waals surface area (Å²) in [6, 6.07) is 9.08. The molecule has 0 bridgehead atoms. The number of phenolic OH excluding ortho intramolecular Hbond substituents is 1. The quantitative estimate of drug-likeness (QED) is 0.751. The van der Waals surface area contributed by atoms with Gasteiger partial charge in [-0.05, 0) is 24.0 Å². The van der Waals surface area contributed by atoms with E-state index in [4.69, 9.17) is 0 Å². The first-order valence-corrected chi connectivity index (χ1v) is 6.91. The Morgan fingerprint density at radius 3 is 2.00 bits per heavy atom. The van der Waals surface area contributed by atoms with Gasteiger partial charge in [0.15, 0.2) is 11.5 Å². The monoisotopic (exact) mass is 286 g/mol. The lowest BCUT2D eigenvalue weighted by molar-refractivity contribution is 0.0693. The van der Waals surface area contributed by atoms with Crippen molar-refractivity contribution < 1.29 is 20.1 Å². The molecule has 0 aromatic heterocycles. The second-order valence-electron chi connectivity index (χ2n) is 4.78. The highest BCUT2D eigenvalue weighted by atomic mass is 16.4. The molecule has 0 radical (unpaired) electrons. The molecule has 3 N–H and O–H groups in total. The number of rotatable bonds is 4. The molecule has 4 nitrogen and oxygen atoms in total. The topological polar surface area (TPSA) is 77.8 Å². The first kappa shape index (κ1) is 14.9. The fraction of sp³-hybridized carbons (Fsp3) is 0.235. The van der Waals surface area contributed by atoms with Gasteiger partial charge in [0.2, 0.25) is 0 Å².